The largest absolute Gasteiger partial charge is 0.497 e. The summed E-state index contributed by atoms with van der Waals surface area (Å²) in [6.45, 7) is 3.56. The number of nitrogens with one attached hydrogen (secondary N) is 2. The molecule has 0 bridgehead atoms. The summed E-state index contributed by atoms with van der Waals surface area (Å²) in [4.78, 5) is 4.73. The molecular weight excluding hydrogens is 302 g/mol. The molecule has 132 valence electrons. The highest BCUT2D eigenvalue weighted by atomic mass is 16.5. The first-order chi connectivity index (χ1) is 11.8. The van der Waals surface area contributed by atoms with E-state index >= 15 is 0 Å². The Morgan fingerprint density at radius 3 is 2.67 bits per heavy atom. The Bertz CT molecular complexity index is 564. The van der Waals surface area contributed by atoms with Crippen molar-refractivity contribution in [2.45, 2.75) is 64.1 Å². The number of guanidine groups is 1. The minimum Gasteiger partial charge on any atom is -0.497 e. The molecule has 2 saturated carbocycles. The zero-order chi connectivity index (χ0) is 16.8. The molecule has 5 heteroatoms. The molecule has 2 aliphatic carbocycles. The van der Waals surface area contributed by atoms with Gasteiger partial charge >= 0.3 is 0 Å². The third-order valence-corrected chi connectivity index (χ3v) is 4.54. The lowest BCUT2D eigenvalue weighted by atomic mass is 10.2. The maximum Gasteiger partial charge on any atom is 0.191 e. The lowest BCUT2D eigenvalue weighted by Crippen LogP contribution is -2.38. The van der Waals surface area contributed by atoms with Crippen molar-refractivity contribution >= 4 is 5.96 Å². The van der Waals surface area contributed by atoms with Gasteiger partial charge in [0.15, 0.2) is 5.96 Å². The summed E-state index contributed by atoms with van der Waals surface area (Å²) < 4.78 is 11.6. The highest BCUT2D eigenvalue weighted by Crippen LogP contribution is 2.30. The van der Waals surface area contributed by atoms with Crippen LogP contribution in [0, 0.1) is 0 Å². The second-order valence-corrected chi connectivity index (χ2v) is 6.61. The summed E-state index contributed by atoms with van der Waals surface area (Å²) in [5.41, 5.74) is 1.11. The Labute approximate surface area is 144 Å². The van der Waals surface area contributed by atoms with E-state index in [1.807, 2.05) is 12.1 Å². The third kappa shape index (κ3) is 4.79. The molecule has 2 aliphatic rings. The quantitative estimate of drug-likeness (QED) is 0.595. The van der Waals surface area contributed by atoms with Crippen LogP contribution in [0.3, 0.4) is 0 Å². The number of hydrogen-bond donors (Lipinski definition) is 2. The molecule has 5 nitrogen and oxygen atoms in total. The van der Waals surface area contributed by atoms with Gasteiger partial charge in [0, 0.05) is 24.2 Å². The first kappa shape index (κ1) is 16.9. The van der Waals surface area contributed by atoms with Gasteiger partial charge in [0.05, 0.1) is 19.8 Å². The molecule has 1 aromatic carbocycles. The van der Waals surface area contributed by atoms with Gasteiger partial charge in [-0.25, -0.2) is 4.99 Å². The molecular formula is C19H29N3O2. The zero-order valence-electron chi connectivity index (χ0n) is 14.8. The number of nitrogens with zero attached hydrogens (tertiary/aromatic N) is 1. The van der Waals surface area contributed by atoms with Gasteiger partial charge in [0.25, 0.3) is 0 Å². The van der Waals surface area contributed by atoms with Crippen molar-refractivity contribution in [3.63, 3.8) is 0 Å². The minimum atomic E-state index is 0.331. The Balaban J connectivity index is 1.71. The third-order valence-electron chi connectivity index (χ3n) is 4.54. The lowest BCUT2D eigenvalue weighted by molar-refractivity contribution is 0.207. The fourth-order valence-corrected chi connectivity index (χ4v) is 2.99. The average molecular weight is 331 g/mol. The van der Waals surface area contributed by atoms with E-state index < -0.39 is 0 Å². The van der Waals surface area contributed by atoms with Gasteiger partial charge in [-0.2, -0.15) is 0 Å². The SMILES string of the molecule is CCNC(=NCc1ccc(OC)cc1OC1CCCC1)NC1CC1. The summed E-state index contributed by atoms with van der Waals surface area (Å²) in [5.74, 6) is 2.63. The van der Waals surface area contributed by atoms with Crippen LogP contribution in [0.1, 0.15) is 51.0 Å². The van der Waals surface area contributed by atoms with Crippen LogP contribution in [0.4, 0.5) is 0 Å². The molecule has 1 aromatic rings. The maximum absolute atomic E-state index is 6.24. The van der Waals surface area contributed by atoms with E-state index in [0.717, 1.165) is 42.4 Å². The molecule has 0 amide bonds. The van der Waals surface area contributed by atoms with E-state index in [4.69, 9.17) is 14.5 Å². The fraction of sp³-hybridized carbons (Fsp3) is 0.632. The molecule has 0 atom stereocenters. The molecule has 0 spiro atoms. The Kier molecular flexibility index (Phi) is 5.83. The molecule has 24 heavy (non-hydrogen) atoms. The van der Waals surface area contributed by atoms with E-state index in [1.165, 1.54) is 25.7 Å². The first-order valence-electron chi connectivity index (χ1n) is 9.17. The van der Waals surface area contributed by atoms with Crippen molar-refractivity contribution in [1.29, 1.82) is 0 Å². The van der Waals surface area contributed by atoms with Gasteiger partial charge in [-0.05, 0) is 57.6 Å². The number of benzene rings is 1. The summed E-state index contributed by atoms with van der Waals surface area (Å²) in [6, 6.07) is 6.62. The number of ether oxygens (including phenoxy) is 2. The molecule has 3 rings (SSSR count). The maximum atomic E-state index is 6.24. The van der Waals surface area contributed by atoms with Crippen LogP contribution in [0.15, 0.2) is 23.2 Å². The summed E-state index contributed by atoms with van der Waals surface area (Å²) in [6.07, 6.45) is 7.62. The van der Waals surface area contributed by atoms with Crippen molar-refractivity contribution in [1.82, 2.24) is 10.6 Å². The van der Waals surface area contributed by atoms with Crippen molar-refractivity contribution in [3.05, 3.63) is 23.8 Å². The number of rotatable bonds is 7. The molecule has 0 unspecified atom stereocenters. The van der Waals surface area contributed by atoms with Crippen LogP contribution < -0.4 is 20.1 Å². The summed E-state index contributed by atoms with van der Waals surface area (Å²) in [5, 5.41) is 6.76. The van der Waals surface area contributed by atoms with Gasteiger partial charge in [0.2, 0.25) is 0 Å². The topological polar surface area (TPSA) is 54.9 Å². The van der Waals surface area contributed by atoms with E-state index in [-0.39, 0.29) is 0 Å². The van der Waals surface area contributed by atoms with Crippen LogP contribution in [0.2, 0.25) is 0 Å². The van der Waals surface area contributed by atoms with Gasteiger partial charge in [-0.3, -0.25) is 0 Å². The molecule has 0 aliphatic heterocycles. The van der Waals surface area contributed by atoms with E-state index in [0.29, 0.717) is 18.7 Å². The average Bonchev–Trinajstić information content (AvgIpc) is 3.26. The van der Waals surface area contributed by atoms with Gasteiger partial charge in [-0.15, -0.1) is 0 Å². The molecule has 0 heterocycles. The van der Waals surface area contributed by atoms with Crippen molar-refractivity contribution < 1.29 is 9.47 Å². The zero-order valence-corrected chi connectivity index (χ0v) is 14.8. The second kappa shape index (κ2) is 8.27. The lowest BCUT2D eigenvalue weighted by Gasteiger charge is -2.17. The number of hydrogen-bond acceptors (Lipinski definition) is 3. The normalized spacial score (nSPS) is 18.5. The first-order valence-corrected chi connectivity index (χ1v) is 9.17. The van der Waals surface area contributed by atoms with E-state index in [1.54, 1.807) is 7.11 Å². The Hall–Kier alpha value is -1.91. The predicted octanol–water partition coefficient (Wildman–Crippen LogP) is 3.23. The molecule has 0 saturated heterocycles. The van der Waals surface area contributed by atoms with E-state index in [2.05, 4.69) is 23.6 Å². The standard InChI is InChI=1S/C19H29N3O2/c1-3-20-19(22-15-9-10-15)21-13-14-8-11-17(23-2)12-18(14)24-16-6-4-5-7-16/h8,11-12,15-16H,3-7,9-10,13H2,1-2H3,(H2,20,21,22). The van der Waals surface area contributed by atoms with E-state index in [9.17, 15) is 0 Å². The van der Waals surface area contributed by atoms with Gasteiger partial charge in [-0.1, -0.05) is 0 Å². The Morgan fingerprint density at radius 2 is 2.00 bits per heavy atom. The predicted molar refractivity (Wildman–Crippen MR) is 96.9 cm³/mol. The van der Waals surface area contributed by atoms with Crippen molar-refractivity contribution in [2.24, 2.45) is 4.99 Å². The minimum absolute atomic E-state index is 0.331. The van der Waals surface area contributed by atoms with Crippen molar-refractivity contribution in [3.8, 4) is 11.5 Å². The van der Waals surface area contributed by atoms with Crippen LogP contribution in [0.25, 0.3) is 0 Å². The monoisotopic (exact) mass is 331 g/mol. The smallest absolute Gasteiger partial charge is 0.191 e. The molecule has 0 aromatic heterocycles. The highest BCUT2D eigenvalue weighted by Gasteiger charge is 2.22. The van der Waals surface area contributed by atoms with Crippen LogP contribution in [-0.2, 0) is 6.54 Å². The molecule has 2 fully saturated rings. The van der Waals surface area contributed by atoms with Crippen LogP contribution in [0.5, 0.6) is 11.5 Å². The summed E-state index contributed by atoms with van der Waals surface area (Å²) in [7, 11) is 1.69. The highest BCUT2D eigenvalue weighted by molar-refractivity contribution is 5.80. The second-order valence-electron chi connectivity index (χ2n) is 6.61. The Morgan fingerprint density at radius 1 is 1.21 bits per heavy atom. The molecule has 0 radical (unpaired) electrons. The van der Waals surface area contributed by atoms with Gasteiger partial charge < -0.3 is 20.1 Å². The summed E-state index contributed by atoms with van der Waals surface area (Å²) >= 11 is 0. The number of aliphatic imine (C=N–C) groups is 1. The fourth-order valence-electron chi connectivity index (χ4n) is 2.99. The van der Waals surface area contributed by atoms with Crippen LogP contribution >= 0.6 is 0 Å². The number of methoxy groups -OCH3 is 1. The van der Waals surface area contributed by atoms with Crippen molar-refractivity contribution in [2.75, 3.05) is 13.7 Å². The van der Waals surface area contributed by atoms with Gasteiger partial charge in [0.1, 0.15) is 11.5 Å². The molecule has 2 N–H and O–H groups in total. The van der Waals surface area contributed by atoms with Crippen LogP contribution in [-0.4, -0.2) is 31.8 Å².